The largest absolute Gasteiger partial charge is 0.337 e. The lowest BCUT2D eigenvalue weighted by molar-refractivity contribution is 0.0762. The van der Waals surface area contributed by atoms with Crippen molar-refractivity contribution in [3.05, 3.63) is 90.2 Å². The highest BCUT2D eigenvalue weighted by Crippen LogP contribution is 2.21. The minimum absolute atomic E-state index is 0.140. The lowest BCUT2D eigenvalue weighted by Gasteiger charge is -2.22. The Morgan fingerprint density at radius 3 is 2.03 bits per heavy atom. The monoisotopic (exact) mass is 417 g/mol. The van der Waals surface area contributed by atoms with Crippen LogP contribution in [0.15, 0.2) is 78.9 Å². The second-order valence-corrected chi connectivity index (χ2v) is 7.51. The van der Waals surface area contributed by atoms with Crippen LogP contribution in [-0.2, 0) is 0 Å². The van der Waals surface area contributed by atoms with Crippen LogP contribution in [0, 0.1) is 5.82 Å². The fourth-order valence-electron chi connectivity index (χ4n) is 3.68. The predicted octanol–water partition coefficient (Wildman–Crippen LogP) is 4.87. The number of nitrogens with zero attached hydrogens (tertiary/aromatic N) is 2. The molecule has 1 aliphatic rings. The zero-order valence-electron chi connectivity index (χ0n) is 17.1. The summed E-state index contributed by atoms with van der Waals surface area (Å²) < 4.78 is 13.1. The van der Waals surface area contributed by atoms with Gasteiger partial charge in [0.15, 0.2) is 0 Å². The Morgan fingerprint density at radius 1 is 0.710 bits per heavy atom. The Hall–Kier alpha value is -3.67. The molecule has 0 radical (unpaired) electrons. The second kappa shape index (κ2) is 9.43. The molecule has 0 aromatic heterocycles. The number of hydrogen-bond acceptors (Lipinski definition) is 2. The van der Waals surface area contributed by atoms with Crippen molar-refractivity contribution in [1.29, 1.82) is 0 Å². The van der Waals surface area contributed by atoms with Crippen LogP contribution < -0.4 is 5.32 Å². The molecule has 0 atom stereocenters. The van der Waals surface area contributed by atoms with Crippen molar-refractivity contribution < 1.29 is 14.0 Å². The van der Waals surface area contributed by atoms with Crippen LogP contribution in [0.2, 0.25) is 0 Å². The van der Waals surface area contributed by atoms with Crippen molar-refractivity contribution in [1.82, 2.24) is 9.80 Å². The number of amides is 3. The smallest absolute Gasteiger partial charge is 0.321 e. The summed E-state index contributed by atoms with van der Waals surface area (Å²) in [5.74, 6) is -0.508. The van der Waals surface area contributed by atoms with E-state index in [1.165, 1.54) is 24.3 Å². The number of halogens is 1. The average molecular weight is 417 g/mol. The zero-order chi connectivity index (χ0) is 21.6. The van der Waals surface area contributed by atoms with Crippen LogP contribution in [0.25, 0.3) is 11.1 Å². The first-order chi connectivity index (χ1) is 15.1. The first-order valence-corrected chi connectivity index (χ1v) is 10.4. The van der Waals surface area contributed by atoms with E-state index in [0.717, 1.165) is 16.8 Å². The van der Waals surface area contributed by atoms with Gasteiger partial charge in [0.2, 0.25) is 0 Å². The maximum atomic E-state index is 13.1. The molecule has 3 amide bonds. The molecule has 158 valence electrons. The number of rotatable bonds is 3. The van der Waals surface area contributed by atoms with Crippen molar-refractivity contribution in [2.24, 2.45) is 0 Å². The Labute approximate surface area is 181 Å². The van der Waals surface area contributed by atoms with E-state index < -0.39 is 0 Å². The SMILES string of the molecule is O=C(Nc1ccc(-c2ccccc2)cc1)N1CCCN(C(=O)c2ccc(F)cc2)CC1. The van der Waals surface area contributed by atoms with Crippen molar-refractivity contribution in [3.8, 4) is 11.1 Å². The number of benzene rings is 3. The predicted molar refractivity (Wildman–Crippen MR) is 119 cm³/mol. The van der Waals surface area contributed by atoms with Crippen molar-refractivity contribution >= 4 is 17.6 Å². The van der Waals surface area contributed by atoms with Crippen LogP contribution in [0.1, 0.15) is 16.8 Å². The Balaban J connectivity index is 1.34. The number of nitrogens with one attached hydrogen (secondary N) is 1. The molecule has 4 rings (SSSR count). The average Bonchev–Trinajstić information content (AvgIpc) is 3.07. The molecule has 3 aromatic carbocycles. The Kier molecular flexibility index (Phi) is 6.26. The molecule has 31 heavy (non-hydrogen) atoms. The fourth-order valence-corrected chi connectivity index (χ4v) is 3.68. The number of carbonyl (C=O) groups is 2. The minimum Gasteiger partial charge on any atom is -0.337 e. The molecule has 1 fully saturated rings. The topological polar surface area (TPSA) is 52.7 Å². The van der Waals surface area contributed by atoms with Crippen molar-refractivity contribution in [3.63, 3.8) is 0 Å². The van der Waals surface area contributed by atoms with E-state index in [1.807, 2.05) is 54.6 Å². The summed E-state index contributed by atoms with van der Waals surface area (Å²) in [6.07, 6.45) is 0.688. The second-order valence-electron chi connectivity index (χ2n) is 7.51. The van der Waals surface area contributed by atoms with Gasteiger partial charge in [0.25, 0.3) is 5.91 Å². The number of anilines is 1. The van der Waals surface area contributed by atoms with Gasteiger partial charge in [0.05, 0.1) is 0 Å². The van der Waals surface area contributed by atoms with Crippen LogP contribution in [0.4, 0.5) is 14.9 Å². The fraction of sp³-hybridized carbons (Fsp3) is 0.200. The molecule has 3 aromatic rings. The quantitative estimate of drug-likeness (QED) is 0.661. The summed E-state index contributed by atoms with van der Waals surface area (Å²) in [7, 11) is 0. The van der Waals surface area contributed by atoms with E-state index in [-0.39, 0.29) is 17.8 Å². The molecule has 6 heteroatoms. The van der Waals surface area contributed by atoms with Crippen LogP contribution >= 0.6 is 0 Å². The van der Waals surface area contributed by atoms with Gasteiger partial charge in [-0.1, -0.05) is 42.5 Å². The first-order valence-electron chi connectivity index (χ1n) is 10.4. The van der Waals surface area contributed by atoms with Gasteiger partial charge in [-0.25, -0.2) is 9.18 Å². The highest BCUT2D eigenvalue weighted by Gasteiger charge is 2.23. The maximum absolute atomic E-state index is 13.1. The van der Waals surface area contributed by atoms with E-state index in [2.05, 4.69) is 5.32 Å². The van der Waals surface area contributed by atoms with Crippen LogP contribution in [0.5, 0.6) is 0 Å². The summed E-state index contributed by atoms with van der Waals surface area (Å²) in [5.41, 5.74) is 3.40. The van der Waals surface area contributed by atoms with E-state index in [4.69, 9.17) is 0 Å². The molecule has 0 unspecified atom stereocenters. The third kappa shape index (κ3) is 5.09. The van der Waals surface area contributed by atoms with E-state index in [9.17, 15) is 14.0 Å². The molecule has 0 saturated carbocycles. The molecule has 5 nitrogen and oxygen atoms in total. The van der Waals surface area contributed by atoms with Gasteiger partial charge in [0.1, 0.15) is 5.82 Å². The Morgan fingerprint density at radius 2 is 1.32 bits per heavy atom. The summed E-state index contributed by atoms with van der Waals surface area (Å²) in [6, 6.07) is 23.2. The highest BCUT2D eigenvalue weighted by molar-refractivity contribution is 5.94. The maximum Gasteiger partial charge on any atom is 0.321 e. The van der Waals surface area contributed by atoms with Gasteiger partial charge in [-0.3, -0.25) is 4.79 Å². The normalized spacial score (nSPS) is 14.1. The molecular formula is C25H24FN3O2. The number of hydrogen-bond donors (Lipinski definition) is 1. The molecule has 1 saturated heterocycles. The van der Waals surface area contributed by atoms with E-state index in [1.54, 1.807) is 9.80 Å². The molecule has 0 spiro atoms. The van der Waals surface area contributed by atoms with Crippen LogP contribution in [-0.4, -0.2) is 47.9 Å². The van der Waals surface area contributed by atoms with Crippen molar-refractivity contribution in [2.75, 3.05) is 31.5 Å². The van der Waals surface area contributed by atoms with Crippen molar-refractivity contribution in [2.45, 2.75) is 6.42 Å². The van der Waals surface area contributed by atoms with Gasteiger partial charge in [0, 0.05) is 37.4 Å². The van der Waals surface area contributed by atoms with Gasteiger partial charge in [-0.05, 0) is 53.9 Å². The zero-order valence-corrected chi connectivity index (χ0v) is 17.1. The molecule has 0 aliphatic carbocycles. The summed E-state index contributed by atoms with van der Waals surface area (Å²) in [4.78, 5) is 28.8. The molecule has 1 N–H and O–H groups in total. The number of urea groups is 1. The third-order valence-electron chi connectivity index (χ3n) is 5.40. The highest BCUT2D eigenvalue weighted by atomic mass is 19.1. The van der Waals surface area contributed by atoms with Crippen LogP contribution in [0.3, 0.4) is 0 Å². The standard InChI is InChI=1S/C25H24FN3O2/c26-22-11-7-21(8-12-22)24(30)28-15-4-16-29(18-17-28)25(31)27-23-13-9-20(10-14-23)19-5-2-1-3-6-19/h1-3,5-14H,4,15-18H2,(H,27,31). The molecule has 1 aliphatic heterocycles. The summed E-state index contributed by atoms with van der Waals surface area (Å²) in [5, 5.41) is 2.94. The molecule has 1 heterocycles. The number of carbonyl (C=O) groups excluding carboxylic acids is 2. The van der Waals surface area contributed by atoms with Gasteiger partial charge >= 0.3 is 6.03 Å². The van der Waals surface area contributed by atoms with Gasteiger partial charge in [-0.2, -0.15) is 0 Å². The lowest BCUT2D eigenvalue weighted by atomic mass is 10.1. The summed E-state index contributed by atoms with van der Waals surface area (Å²) >= 11 is 0. The first kappa shape index (κ1) is 20.6. The molecule has 0 bridgehead atoms. The Bertz CT molecular complexity index is 1040. The van der Waals surface area contributed by atoms with E-state index >= 15 is 0 Å². The van der Waals surface area contributed by atoms with E-state index in [0.29, 0.717) is 38.2 Å². The molecular weight excluding hydrogens is 393 g/mol. The van der Waals surface area contributed by atoms with Gasteiger partial charge in [-0.15, -0.1) is 0 Å². The summed E-state index contributed by atoms with van der Waals surface area (Å²) in [6.45, 7) is 2.02. The third-order valence-corrected chi connectivity index (χ3v) is 5.40. The minimum atomic E-state index is -0.368. The lowest BCUT2D eigenvalue weighted by Crippen LogP contribution is -2.39. The van der Waals surface area contributed by atoms with Gasteiger partial charge < -0.3 is 15.1 Å².